The van der Waals surface area contributed by atoms with Crippen molar-refractivity contribution in [3.63, 3.8) is 0 Å². The number of fused-ring (bicyclic) bond motifs is 1. The van der Waals surface area contributed by atoms with Gasteiger partial charge in [0.1, 0.15) is 5.41 Å². The molecular formula is C18H20O3. The van der Waals surface area contributed by atoms with E-state index in [9.17, 15) is 9.59 Å². The van der Waals surface area contributed by atoms with Gasteiger partial charge in [-0.1, -0.05) is 11.6 Å². The minimum Gasteiger partial charge on any atom is -0.465 e. The Labute approximate surface area is 125 Å². The first-order chi connectivity index (χ1) is 9.96. The van der Waals surface area contributed by atoms with Crippen LogP contribution in [0, 0.1) is 31.6 Å². The first kappa shape index (κ1) is 15.3. The quantitative estimate of drug-likeness (QED) is 0.487. The van der Waals surface area contributed by atoms with Gasteiger partial charge in [-0.25, -0.2) is 0 Å². The van der Waals surface area contributed by atoms with Crippen molar-refractivity contribution in [3.8, 4) is 12.3 Å². The van der Waals surface area contributed by atoms with Gasteiger partial charge in [0.25, 0.3) is 0 Å². The van der Waals surface area contributed by atoms with Gasteiger partial charge in [-0.3, -0.25) is 9.59 Å². The number of hydrogen-bond donors (Lipinski definition) is 0. The van der Waals surface area contributed by atoms with Gasteiger partial charge in [0, 0.05) is 12.0 Å². The molecule has 0 unspecified atom stereocenters. The summed E-state index contributed by atoms with van der Waals surface area (Å²) in [5, 5.41) is 0. The molecule has 1 aromatic carbocycles. The van der Waals surface area contributed by atoms with E-state index in [0.717, 1.165) is 16.7 Å². The van der Waals surface area contributed by atoms with E-state index in [1.165, 1.54) is 0 Å². The fourth-order valence-corrected chi connectivity index (χ4v) is 3.12. The van der Waals surface area contributed by atoms with Gasteiger partial charge in [0.2, 0.25) is 0 Å². The lowest BCUT2D eigenvalue weighted by Crippen LogP contribution is -2.44. The Hall–Kier alpha value is -2.08. The molecule has 110 valence electrons. The predicted molar refractivity (Wildman–Crippen MR) is 81.1 cm³/mol. The second-order valence-corrected chi connectivity index (χ2v) is 5.62. The molecule has 21 heavy (non-hydrogen) atoms. The van der Waals surface area contributed by atoms with Gasteiger partial charge in [-0.2, -0.15) is 0 Å². The monoisotopic (exact) mass is 284 g/mol. The highest BCUT2D eigenvalue weighted by atomic mass is 16.5. The number of terminal acetylenes is 1. The molecule has 0 fully saturated rings. The maximum atomic E-state index is 13.0. The zero-order valence-corrected chi connectivity index (χ0v) is 12.8. The smallest absolute Gasteiger partial charge is 0.321 e. The molecule has 3 nitrogen and oxygen atoms in total. The summed E-state index contributed by atoms with van der Waals surface area (Å²) < 4.78 is 5.13. The average molecular weight is 284 g/mol. The van der Waals surface area contributed by atoms with Gasteiger partial charge >= 0.3 is 5.97 Å². The van der Waals surface area contributed by atoms with E-state index < -0.39 is 11.4 Å². The molecule has 0 heterocycles. The minimum absolute atomic E-state index is 0.0943. The summed E-state index contributed by atoms with van der Waals surface area (Å²) in [4.78, 5) is 25.3. The molecule has 0 spiro atoms. The molecule has 0 amide bonds. The largest absolute Gasteiger partial charge is 0.465 e. The summed E-state index contributed by atoms with van der Waals surface area (Å²) in [5.41, 5.74) is 2.55. The predicted octanol–water partition coefficient (Wildman–Crippen LogP) is 3.01. The van der Waals surface area contributed by atoms with Crippen LogP contribution < -0.4 is 0 Å². The molecule has 0 bridgehead atoms. The zero-order valence-electron chi connectivity index (χ0n) is 12.8. The third kappa shape index (κ3) is 2.47. The van der Waals surface area contributed by atoms with Crippen LogP contribution in [0.1, 0.15) is 46.8 Å². The fraction of sp³-hybridized carbons (Fsp3) is 0.444. The third-order valence-corrected chi connectivity index (χ3v) is 4.17. The van der Waals surface area contributed by atoms with Gasteiger partial charge in [-0.05, 0) is 50.8 Å². The van der Waals surface area contributed by atoms with E-state index >= 15 is 0 Å². The molecule has 1 aliphatic rings. The number of carbonyl (C=O) groups is 2. The van der Waals surface area contributed by atoms with E-state index in [1.807, 2.05) is 19.9 Å². The summed E-state index contributed by atoms with van der Waals surface area (Å²) in [6.45, 7) is 5.93. The number of Topliss-reactive ketones (excluding diaryl/α,β-unsaturated/α-hetero) is 1. The van der Waals surface area contributed by atoms with Crippen LogP contribution in [-0.2, 0) is 16.0 Å². The Morgan fingerprint density at radius 2 is 2.14 bits per heavy atom. The highest BCUT2D eigenvalue weighted by molar-refractivity contribution is 6.14. The van der Waals surface area contributed by atoms with Crippen molar-refractivity contribution in [1.29, 1.82) is 0 Å². The Balaban J connectivity index is 2.55. The summed E-state index contributed by atoms with van der Waals surface area (Å²) in [6.07, 6.45) is 6.60. The molecule has 0 N–H and O–H groups in total. The van der Waals surface area contributed by atoms with Crippen molar-refractivity contribution in [2.24, 2.45) is 5.41 Å². The molecule has 1 atom stereocenters. The molecule has 1 aliphatic carbocycles. The molecule has 0 saturated carbocycles. The van der Waals surface area contributed by atoms with Gasteiger partial charge in [-0.15, -0.1) is 12.3 Å². The number of ether oxygens (including phenoxy) is 1. The Kier molecular flexibility index (Phi) is 4.18. The van der Waals surface area contributed by atoms with Crippen molar-refractivity contribution in [2.45, 2.75) is 40.0 Å². The van der Waals surface area contributed by atoms with E-state index in [2.05, 4.69) is 12.0 Å². The number of aryl methyl sites for hydroxylation is 2. The van der Waals surface area contributed by atoms with Crippen LogP contribution in [0.4, 0.5) is 0 Å². The third-order valence-electron chi connectivity index (χ3n) is 4.17. The van der Waals surface area contributed by atoms with Crippen LogP contribution >= 0.6 is 0 Å². The number of ketones is 1. The molecular weight excluding hydrogens is 264 g/mol. The number of benzene rings is 1. The van der Waals surface area contributed by atoms with Crippen molar-refractivity contribution >= 4 is 11.8 Å². The lowest BCUT2D eigenvalue weighted by atomic mass is 9.67. The van der Waals surface area contributed by atoms with E-state index in [1.54, 1.807) is 6.92 Å². The highest BCUT2D eigenvalue weighted by Crippen LogP contribution is 2.40. The van der Waals surface area contributed by atoms with E-state index in [0.29, 0.717) is 18.4 Å². The summed E-state index contributed by atoms with van der Waals surface area (Å²) >= 11 is 0. The molecule has 0 saturated heterocycles. The number of esters is 1. The fourth-order valence-electron chi connectivity index (χ4n) is 3.12. The van der Waals surface area contributed by atoms with Gasteiger partial charge < -0.3 is 4.74 Å². The molecule has 3 heteroatoms. The Morgan fingerprint density at radius 1 is 1.43 bits per heavy atom. The second kappa shape index (κ2) is 5.73. The maximum Gasteiger partial charge on any atom is 0.321 e. The normalized spacial score (nSPS) is 20.6. The second-order valence-electron chi connectivity index (χ2n) is 5.62. The van der Waals surface area contributed by atoms with Crippen molar-refractivity contribution in [1.82, 2.24) is 0 Å². The van der Waals surface area contributed by atoms with Crippen molar-refractivity contribution < 1.29 is 14.3 Å². The van der Waals surface area contributed by atoms with Crippen LogP contribution in [0.15, 0.2) is 12.1 Å². The summed E-state index contributed by atoms with van der Waals surface area (Å²) in [5.74, 6) is 1.81. The van der Waals surface area contributed by atoms with Crippen molar-refractivity contribution in [3.05, 3.63) is 34.4 Å². The number of hydrogen-bond acceptors (Lipinski definition) is 3. The Bertz CT molecular complexity index is 637. The first-order valence-corrected chi connectivity index (χ1v) is 7.22. The molecule has 1 aromatic rings. The van der Waals surface area contributed by atoms with E-state index in [4.69, 9.17) is 11.2 Å². The Morgan fingerprint density at radius 3 is 2.76 bits per heavy atom. The van der Waals surface area contributed by atoms with Crippen LogP contribution in [0.5, 0.6) is 0 Å². The van der Waals surface area contributed by atoms with Crippen molar-refractivity contribution in [2.75, 3.05) is 6.61 Å². The summed E-state index contributed by atoms with van der Waals surface area (Å²) in [6, 6.07) is 3.92. The van der Waals surface area contributed by atoms with Gasteiger partial charge in [0.05, 0.1) is 6.61 Å². The molecule has 0 aliphatic heterocycles. The van der Waals surface area contributed by atoms with E-state index in [-0.39, 0.29) is 18.8 Å². The lowest BCUT2D eigenvalue weighted by Gasteiger charge is -2.33. The van der Waals surface area contributed by atoms with Crippen LogP contribution in [0.25, 0.3) is 0 Å². The topological polar surface area (TPSA) is 43.4 Å². The first-order valence-electron chi connectivity index (χ1n) is 7.22. The number of rotatable bonds is 3. The molecule has 2 rings (SSSR count). The lowest BCUT2D eigenvalue weighted by molar-refractivity contribution is -0.152. The SMILES string of the molecule is C#CC[C@]1(C(=O)OCC)CCc2c(C)cc(C)cc2C1=O. The number of carbonyl (C=O) groups excluding carboxylic acids is 2. The maximum absolute atomic E-state index is 13.0. The van der Waals surface area contributed by atoms with Crippen LogP contribution in [0.3, 0.4) is 0 Å². The zero-order chi connectivity index (χ0) is 15.6. The highest BCUT2D eigenvalue weighted by Gasteiger charge is 2.49. The molecule has 0 aromatic heterocycles. The van der Waals surface area contributed by atoms with Gasteiger partial charge in [0.15, 0.2) is 5.78 Å². The molecule has 0 radical (unpaired) electrons. The standard InChI is InChI=1S/C18H20O3/c1-5-8-18(17(20)21-6-2)9-7-14-13(4)10-12(3)11-15(14)16(18)19/h1,10-11H,6-9H2,2-4H3/t18-/m0/s1. The average Bonchev–Trinajstić information content (AvgIpc) is 2.43. The summed E-state index contributed by atoms with van der Waals surface area (Å²) in [7, 11) is 0. The minimum atomic E-state index is -1.21. The van der Waals surface area contributed by atoms with Crippen LogP contribution in [-0.4, -0.2) is 18.4 Å². The van der Waals surface area contributed by atoms with Crippen LogP contribution in [0.2, 0.25) is 0 Å².